The molecule has 4 aromatic carbocycles. The Balaban J connectivity index is 1.84. The molecule has 0 radical (unpaired) electrons. The Morgan fingerprint density at radius 1 is 0.821 bits per heavy atom. The van der Waals surface area contributed by atoms with Crippen LogP contribution in [-0.2, 0) is 22.6 Å². The number of hydrogen-bond acceptors (Lipinski definition) is 4. The Morgan fingerprint density at radius 2 is 1.38 bits per heavy atom. The maximum Gasteiger partial charge on any atom is 0.240 e. The Bertz CT molecular complexity index is 1460. The van der Waals surface area contributed by atoms with Crippen molar-refractivity contribution in [2.45, 2.75) is 24.9 Å². The molecule has 0 saturated heterocycles. The monoisotopic (exact) mass is 644 g/mol. The molecule has 4 rings (SSSR count). The van der Waals surface area contributed by atoms with E-state index >= 15 is 0 Å². The second-order valence-electron chi connectivity index (χ2n) is 9.13. The van der Waals surface area contributed by atoms with E-state index in [1.807, 2.05) is 78.9 Å². The molecule has 6 nitrogen and oxygen atoms in total. The van der Waals surface area contributed by atoms with E-state index < -0.39 is 17.9 Å². The van der Waals surface area contributed by atoms with Gasteiger partial charge in [-0.15, -0.1) is 0 Å². The van der Waals surface area contributed by atoms with Crippen molar-refractivity contribution in [3.8, 4) is 6.07 Å². The normalized spacial score (nSPS) is 11.5. The van der Waals surface area contributed by atoms with Gasteiger partial charge in [0.25, 0.3) is 0 Å². The molecule has 196 valence electrons. The Labute approximate surface area is 244 Å². The van der Waals surface area contributed by atoms with E-state index in [9.17, 15) is 14.9 Å². The summed E-state index contributed by atoms with van der Waals surface area (Å²) in [6.45, 7) is 0.109. The van der Waals surface area contributed by atoms with Crippen LogP contribution >= 0.6 is 31.9 Å². The highest BCUT2D eigenvalue weighted by molar-refractivity contribution is 9.11. The summed E-state index contributed by atoms with van der Waals surface area (Å²) in [6, 6.07) is 30.7. The van der Waals surface area contributed by atoms with Gasteiger partial charge in [-0.05, 0) is 78.4 Å². The van der Waals surface area contributed by atoms with Crippen LogP contribution in [-0.4, -0.2) is 22.8 Å². The number of carbonyl (C=O) groups is 2. The molecule has 1 atom stereocenters. The number of benzene rings is 4. The minimum absolute atomic E-state index is 0.109. The number of halogens is 2. The van der Waals surface area contributed by atoms with Gasteiger partial charge < -0.3 is 16.4 Å². The van der Waals surface area contributed by atoms with Gasteiger partial charge in [0.2, 0.25) is 11.8 Å². The van der Waals surface area contributed by atoms with Gasteiger partial charge in [0.15, 0.2) is 0 Å². The second kappa shape index (κ2) is 12.7. The molecule has 0 heterocycles. The van der Waals surface area contributed by atoms with E-state index in [0.717, 1.165) is 22.3 Å². The highest BCUT2D eigenvalue weighted by Gasteiger charge is 2.35. The predicted octanol–water partition coefficient (Wildman–Crippen LogP) is 5.92. The first-order valence-corrected chi connectivity index (χ1v) is 13.8. The van der Waals surface area contributed by atoms with Crippen molar-refractivity contribution in [3.63, 3.8) is 0 Å². The number of amides is 2. The van der Waals surface area contributed by atoms with Crippen LogP contribution in [0.15, 0.2) is 106 Å². The number of nitrogens with two attached hydrogens (primary N) is 2. The summed E-state index contributed by atoms with van der Waals surface area (Å²) in [6.07, 6.45) is 0.157. The van der Waals surface area contributed by atoms with Gasteiger partial charge in [-0.3, -0.25) is 9.59 Å². The van der Waals surface area contributed by atoms with Crippen molar-refractivity contribution in [3.05, 3.63) is 134 Å². The molecule has 0 aliphatic carbocycles. The van der Waals surface area contributed by atoms with Gasteiger partial charge in [0.05, 0.1) is 23.2 Å². The molecule has 8 heteroatoms. The SMILES string of the molecule is N#Cc1cccc(C[C@H](C(N)=O)N(Cc2cc(Br)c(N)c(Br)c2)C(=O)C(c2ccccc2)c2ccccc2)c1. The first-order valence-electron chi connectivity index (χ1n) is 12.2. The lowest BCUT2D eigenvalue weighted by atomic mass is 9.89. The average Bonchev–Trinajstić information content (AvgIpc) is 2.94. The largest absolute Gasteiger partial charge is 0.397 e. The molecule has 0 aromatic heterocycles. The van der Waals surface area contributed by atoms with Gasteiger partial charge in [0.1, 0.15) is 6.04 Å². The Hall–Kier alpha value is -3.93. The van der Waals surface area contributed by atoms with Gasteiger partial charge in [-0.2, -0.15) is 5.26 Å². The molecule has 0 fully saturated rings. The summed E-state index contributed by atoms with van der Waals surface area (Å²) in [5, 5.41) is 9.37. The fraction of sp³-hybridized carbons (Fsp3) is 0.129. The molecule has 0 aliphatic heterocycles. The number of carbonyl (C=O) groups excluding carboxylic acids is 2. The molecule has 4 aromatic rings. The number of nitrogen functional groups attached to an aromatic ring is 1. The molecular formula is C31H26Br2N4O2. The van der Waals surface area contributed by atoms with Crippen LogP contribution in [0.1, 0.15) is 33.7 Å². The number of primary amides is 1. The van der Waals surface area contributed by atoms with Crippen molar-refractivity contribution < 1.29 is 9.59 Å². The van der Waals surface area contributed by atoms with Crippen LogP contribution in [0.25, 0.3) is 0 Å². The zero-order valence-electron chi connectivity index (χ0n) is 20.9. The molecule has 0 bridgehead atoms. The van der Waals surface area contributed by atoms with E-state index in [1.165, 1.54) is 4.90 Å². The number of hydrogen-bond donors (Lipinski definition) is 2. The van der Waals surface area contributed by atoms with Crippen LogP contribution in [0.5, 0.6) is 0 Å². The fourth-order valence-corrected chi connectivity index (χ4v) is 5.84. The second-order valence-corrected chi connectivity index (χ2v) is 10.8. The van der Waals surface area contributed by atoms with E-state index in [2.05, 4.69) is 37.9 Å². The quantitative estimate of drug-likeness (QED) is 0.220. The zero-order valence-corrected chi connectivity index (χ0v) is 24.1. The smallest absolute Gasteiger partial charge is 0.240 e. The lowest BCUT2D eigenvalue weighted by Crippen LogP contribution is -2.50. The lowest BCUT2D eigenvalue weighted by molar-refractivity contribution is -0.140. The summed E-state index contributed by atoms with van der Waals surface area (Å²) in [7, 11) is 0. The summed E-state index contributed by atoms with van der Waals surface area (Å²) in [5.41, 5.74) is 16.2. The van der Waals surface area contributed by atoms with Crippen LogP contribution < -0.4 is 11.5 Å². The number of nitriles is 1. The number of anilines is 1. The van der Waals surface area contributed by atoms with Crippen LogP contribution in [0.3, 0.4) is 0 Å². The molecule has 0 aliphatic rings. The molecule has 0 saturated carbocycles. The van der Waals surface area contributed by atoms with Crippen LogP contribution in [0, 0.1) is 11.3 Å². The fourth-order valence-electron chi connectivity index (χ4n) is 4.56. The predicted molar refractivity (Wildman–Crippen MR) is 159 cm³/mol. The average molecular weight is 646 g/mol. The van der Waals surface area contributed by atoms with Gasteiger partial charge in [0, 0.05) is 21.9 Å². The lowest BCUT2D eigenvalue weighted by Gasteiger charge is -2.34. The van der Waals surface area contributed by atoms with Crippen molar-refractivity contribution in [1.29, 1.82) is 5.26 Å². The van der Waals surface area contributed by atoms with Crippen molar-refractivity contribution >= 4 is 49.4 Å². The van der Waals surface area contributed by atoms with E-state index in [-0.39, 0.29) is 18.9 Å². The van der Waals surface area contributed by atoms with Gasteiger partial charge >= 0.3 is 0 Å². The first-order chi connectivity index (χ1) is 18.8. The van der Waals surface area contributed by atoms with Crippen molar-refractivity contribution in [2.75, 3.05) is 5.73 Å². The van der Waals surface area contributed by atoms with Crippen molar-refractivity contribution in [2.24, 2.45) is 5.73 Å². The third-order valence-corrected chi connectivity index (χ3v) is 7.79. The zero-order chi connectivity index (χ0) is 27.9. The molecule has 0 unspecified atom stereocenters. The number of nitrogens with zero attached hydrogens (tertiary/aromatic N) is 2. The topological polar surface area (TPSA) is 113 Å². The maximum absolute atomic E-state index is 14.6. The summed E-state index contributed by atoms with van der Waals surface area (Å²) < 4.78 is 1.33. The highest BCUT2D eigenvalue weighted by Crippen LogP contribution is 2.33. The Morgan fingerprint density at radius 3 is 1.90 bits per heavy atom. The third kappa shape index (κ3) is 6.75. The number of rotatable bonds is 9. The minimum atomic E-state index is -0.975. The maximum atomic E-state index is 14.6. The summed E-state index contributed by atoms with van der Waals surface area (Å²) in [5.74, 6) is -1.57. The first kappa shape index (κ1) is 28.1. The van der Waals surface area contributed by atoms with Crippen LogP contribution in [0.4, 0.5) is 5.69 Å². The standard InChI is InChI=1S/C31H26Br2N4O2/c32-25-15-22(16-26(33)29(25)35)19-37(27(30(36)38)17-20-8-7-9-21(14-20)18-34)31(39)28(23-10-3-1-4-11-23)24-12-5-2-6-13-24/h1-16,27-28H,17,19,35H2,(H2,36,38)/t27-/m1/s1. The molecule has 39 heavy (non-hydrogen) atoms. The summed E-state index contributed by atoms with van der Waals surface area (Å²) in [4.78, 5) is 29.1. The third-order valence-electron chi connectivity index (χ3n) is 6.48. The molecular weight excluding hydrogens is 620 g/mol. The highest BCUT2D eigenvalue weighted by atomic mass is 79.9. The minimum Gasteiger partial charge on any atom is -0.397 e. The van der Waals surface area contributed by atoms with Crippen LogP contribution in [0.2, 0.25) is 0 Å². The van der Waals surface area contributed by atoms with E-state index in [0.29, 0.717) is 20.2 Å². The Kier molecular flexibility index (Phi) is 9.18. The molecule has 0 spiro atoms. The van der Waals surface area contributed by atoms with Gasteiger partial charge in [-0.1, -0.05) is 72.8 Å². The molecule has 4 N–H and O–H groups in total. The van der Waals surface area contributed by atoms with Crippen molar-refractivity contribution in [1.82, 2.24) is 4.90 Å². The van der Waals surface area contributed by atoms with E-state index in [4.69, 9.17) is 11.5 Å². The molecule has 2 amide bonds. The summed E-state index contributed by atoms with van der Waals surface area (Å²) >= 11 is 6.96. The van der Waals surface area contributed by atoms with Gasteiger partial charge in [-0.25, -0.2) is 0 Å². The van der Waals surface area contributed by atoms with E-state index in [1.54, 1.807) is 18.2 Å².